The van der Waals surface area contributed by atoms with Crippen molar-refractivity contribution in [2.45, 2.75) is 24.7 Å². The molecular weight excluding hydrogens is 148 g/mol. The molecule has 1 fully saturated rings. The van der Waals surface area contributed by atoms with E-state index in [2.05, 4.69) is 18.2 Å². The van der Waals surface area contributed by atoms with Crippen LogP contribution in [0.3, 0.4) is 0 Å². The van der Waals surface area contributed by atoms with Crippen molar-refractivity contribution in [1.82, 2.24) is 0 Å². The van der Waals surface area contributed by atoms with Crippen molar-refractivity contribution < 1.29 is 4.79 Å². The normalized spacial score (nSPS) is 30.8. The van der Waals surface area contributed by atoms with Crippen LogP contribution in [0.5, 0.6) is 0 Å². The number of ketones is 1. The number of benzene rings is 1. The summed E-state index contributed by atoms with van der Waals surface area (Å²) in [7, 11) is 0. The third-order valence-electron chi connectivity index (χ3n) is 3.18. The molecular formula is C11H10O. The van der Waals surface area contributed by atoms with Gasteiger partial charge in [0.2, 0.25) is 0 Å². The van der Waals surface area contributed by atoms with E-state index >= 15 is 0 Å². The number of Topliss-reactive ketones (excluding diaryl/α,β-unsaturated/α-hetero) is 1. The lowest BCUT2D eigenvalue weighted by Crippen LogP contribution is -2.23. The Morgan fingerprint density at radius 3 is 2.75 bits per heavy atom. The zero-order valence-corrected chi connectivity index (χ0v) is 6.79. The van der Waals surface area contributed by atoms with Crippen molar-refractivity contribution >= 4 is 5.78 Å². The topological polar surface area (TPSA) is 17.1 Å². The second kappa shape index (κ2) is 1.98. The van der Waals surface area contributed by atoms with E-state index in [9.17, 15) is 4.79 Å². The number of fused-ring (bicyclic) bond motifs is 4. The Bertz CT molecular complexity index is 354. The van der Waals surface area contributed by atoms with E-state index in [1.807, 2.05) is 6.07 Å². The molecule has 2 aliphatic carbocycles. The van der Waals surface area contributed by atoms with Gasteiger partial charge in [0.25, 0.3) is 0 Å². The summed E-state index contributed by atoms with van der Waals surface area (Å²) in [4.78, 5) is 11.4. The maximum Gasteiger partial charge on any atom is 0.140 e. The molecule has 1 saturated carbocycles. The number of carbonyl (C=O) groups is 1. The van der Waals surface area contributed by atoms with E-state index in [0.29, 0.717) is 11.7 Å². The Balaban J connectivity index is 2.15. The molecule has 1 aromatic rings. The van der Waals surface area contributed by atoms with E-state index in [1.165, 1.54) is 11.1 Å². The Morgan fingerprint density at radius 2 is 1.92 bits per heavy atom. The summed E-state index contributed by atoms with van der Waals surface area (Å²) in [5, 5.41) is 0. The zero-order chi connectivity index (χ0) is 8.13. The minimum Gasteiger partial charge on any atom is -0.299 e. The lowest BCUT2D eigenvalue weighted by Gasteiger charge is -2.32. The lowest BCUT2D eigenvalue weighted by molar-refractivity contribution is -0.119. The van der Waals surface area contributed by atoms with Crippen molar-refractivity contribution in [3.63, 3.8) is 0 Å². The largest absolute Gasteiger partial charge is 0.299 e. The van der Waals surface area contributed by atoms with E-state index < -0.39 is 0 Å². The van der Waals surface area contributed by atoms with Crippen molar-refractivity contribution in [3.8, 4) is 0 Å². The molecule has 1 aromatic carbocycles. The fourth-order valence-electron chi connectivity index (χ4n) is 2.61. The van der Waals surface area contributed by atoms with Gasteiger partial charge in [-0.15, -0.1) is 0 Å². The minimum atomic E-state index is 0.279. The summed E-state index contributed by atoms with van der Waals surface area (Å²) in [6.07, 6.45) is 1.88. The van der Waals surface area contributed by atoms with Crippen molar-refractivity contribution in [2.24, 2.45) is 0 Å². The second-order valence-corrected chi connectivity index (χ2v) is 3.72. The Morgan fingerprint density at radius 1 is 1.17 bits per heavy atom. The van der Waals surface area contributed by atoms with Crippen LogP contribution < -0.4 is 0 Å². The molecule has 12 heavy (non-hydrogen) atoms. The van der Waals surface area contributed by atoms with Gasteiger partial charge >= 0.3 is 0 Å². The van der Waals surface area contributed by atoms with Crippen LogP contribution in [0.15, 0.2) is 24.3 Å². The van der Waals surface area contributed by atoms with Gasteiger partial charge in [0.05, 0.1) is 0 Å². The van der Waals surface area contributed by atoms with Crippen LogP contribution in [0.4, 0.5) is 0 Å². The standard InChI is InChI=1S/C11H10O/c12-10-6-5-9-7-3-1-2-4-8(7)11(9)10/h1-4,9,11H,5-6H2. The van der Waals surface area contributed by atoms with E-state index in [-0.39, 0.29) is 5.92 Å². The van der Waals surface area contributed by atoms with Gasteiger partial charge in [-0.1, -0.05) is 24.3 Å². The van der Waals surface area contributed by atoms with Gasteiger partial charge in [-0.05, 0) is 23.5 Å². The molecule has 0 radical (unpaired) electrons. The van der Waals surface area contributed by atoms with Gasteiger partial charge in [0.1, 0.15) is 5.78 Å². The highest BCUT2D eigenvalue weighted by Crippen LogP contribution is 2.54. The highest BCUT2D eigenvalue weighted by atomic mass is 16.1. The molecule has 0 aromatic heterocycles. The van der Waals surface area contributed by atoms with Crippen LogP contribution >= 0.6 is 0 Å². The maximum absolute atomic E-state index is 11.4. The molecule has 0 bridgehead atoms. The Hall–Kier alpha value is -1.11. The number of hydrogen-bond acceptors (Lipinski definition) is 1. The maximum atomic E-state index is 11.4. The number of hydrogen-bond donors (Lipinski definition) is 0. The van der Waals surface area contributed by atoms with Gasteiger partial charge < -0.3 is 0 Å². The van der Waals surface area contributed by atoms with Crippen molar-refractivity contribution in [1.29, 1.82) is 0 Å². The molecule has 2 atom stereocenters. The molecule has 2 unspecified atom stereocenters. The molecule has 3 rings (SSSR count). The smallest absolute Gasteiger partial charge is 0.140 e. The first-order chi connectivity index (χ1) is 5.88. The van der Waals surface area contributed by atoms with Crippen molar-refractivity contribution in [3.05, 3.63) is 35.4 Å². The van der Waals surface area contributed by atoms with Crippen LogP contribution in [0.2, 0.25) is 0 Å². The molecule has 0 saturated heterocycles. The molecule has 60 valence electrons. The molecule has 0 amide bonds. The van der Waals surface area contributed by atoms with E-state index in [4.69, 9.17) is 0 Å². The highest BCUT2D eigenvalue weighted by Gasteiger charge is 2.45. The average molecular weight is 158 g/mol. The predicted octanol–water partition coefficient (Wildman–Crippen LogP) is 2.23. The van der Waals surface area contributed by atoms with E-state index in [0.717, 1.165) is 12.8 Å². The lowest BCUT2D eigenvalue weighted by atomic mass is 9.70. The van der Waals surface area contributed by atoms with Gasteiger partial charge in [-0.2, -0.15) is 0 Å². The van der Waals surface area contributed by atoms with E-state index in [1.54, 1.807) is 0 Å². The quantitative estimate of drug-likeness (QED) is 0.566. The van der Waals surface area contributed by atoms with Gasteiger partial charge in [-0.3, -0.25) is 4.79 Å². The van der Waals surface area contributed by atoms with Gasteiger partial charge in [-0.25, -0.2) is 0 Å². The Kier molecular flexibility index (Phi) is 1.06. The molecule has 0 aliphatic heterocycles. The van der Waals surface area contributed by atoms with Crippen LogP contribution in [-0.2, 0) is 4.79 Å². The molecule has 1 nitrogen and oxygen atoms in total. The second-order valence-electron chi connectivity index (χ2n) is 3.72. The molecule has 1 heteroatoms. The highest BCUT2D eigenvalue weighted by molar-refractivity contribution is 5.92. The number of carbonyl (C=O) groups excluding carboxylic acids is 1. The summed E-state index contributed by atoms with van der Waals surface area (Å²) >= 11 is 0. The summed E-state index contributed by atoms with van der Waals surface area (Å²) in [6.45, 7) is 0. The average Bonchev–Trinajstić information content (AvgIpc) is 2.37. The summed E-state index contributed by atoms with van der Waals surface area (Å²) in [6, 6.07) is 8.35. The molecule has 0 heterocycles. The zero-order valence-electron chi connectivity index (χ0n) is 6.79. The van der Waals surface area contributed by atoms with Crippen molar-refractivity contribution in [2.75, 3.05) is 0 Å². The Labute approximate surface area is 71.4 Å². The third-order valence-corrected chi connectivity index (χ3v) is 3.18. The SMILES string of the molecule is O=C1CCC2c3ccccc3C12. The fourth-order valence-corrected chi connectivity index (χ4v) is 2.61. The predicted molar refractivity (Wildman–Crippen MR) is 46.2 cm³/mol. The van der Waals surface area contributed by atoms with Gasteiger partial charge in [0, 0.05) is 12.3 Å². The fraction of sp³-hybridized carbons (Fsp3) is 0.364. The first-order valence-corrected chi connectivity index (χ1v) is 4.49. The van der Waals surface area contributed by atoms with Gasteiger partial charge in [0.15, 0.2) is 0 Å². The molecule has 0 spiro atoms. The van der Waals surface area contributed by atoms with Crippen LogP contribution in [-0.4, -0.2) is 5.78 Å². The molecule has 0 N–H and O–H groups in total. The third kappa shape index (κ3) is 0.580. The van der Waals surface area contributed by atoms with Crippen LogP contribution in [0.1, 0.15) is 35.8 Å². The molecule has 2 aliphatic rings. The summed E-state index contributed by atoms with van der Waals surface area (Å²) in [5.41, 5.74) is 2.72. The monoisotopic (exact) mass is 158 g/mol. The summed E-state index contributed by atoms with van der Waals surface area (Å²) in [5.74, 6) is 1.31. The van der Waals surface area contributed by atoms with Crippen LogP contribution in [0, 0.1) is 0 Å². The first kappa shape index (κ1) is 6.41. The van der Waals surface area contributed by atoms with Crippen LogP contribution in [0.25, 0.3) is 0 Å². The minimum absolute atomic E-state index is 0.279. The number of rotatable bonds is 0. The first-order valence-electron chi connectivity index (χ1n) is 4.49. The summed E-state index contributed by atoms with van der Waals surface area (Å²) < 4.78 is 0.